The molecule has 0 spiro atoms. The molecular weight excluding hydrogens is 578 g/mol. The van der Waals surface area contributed by atoms with Gasteiger partial charge in [-0.25, -0.2) is 13.9 Å². The first kappa shape index (κ1) is 38.4. The molecular formula is C42H66N3O2+. The minimum absolute atomic E-state index is 0.497. The van der Waals surface area contributed by atoms with Crippen LogP contribution in [-0.4, -0.2) is 22.3 Å². The second-order valence-electron chi connectivity index (χ2n) is 13.6. The maximum absolute atomic E-state index is 12.7. The molecule has 1 heterocycles. The number of benzene rings is 2. The van der Waals surface area contributed by atoms with Crippen molar-refractivity contribution in [2.45, 2.75) is 162 Å². The molecule has 5 nitrogen and oxygen atoms in total. The average Bonchev–Trinajstić information content (AvgIpc) is 3.47. The Bertz CT molecular complexity index is 1250. The van der Waals surface area contributed by atoms with Crippen LogP contribution in [0.2, 0.25) is 0 Å². The summed E-state index contributed by atoms with van der Waals surface area (Å²) in [5, 5.41) is 10.4. The number of carbonyl (C=O) groups is 1. The van der Waals surface area contributed by atoms with Gasteiger partial charge in [0.2, 0.25) is 0 Å². The van der Waals surface area contributed by atoms with Gasteiger partial charge in [-0.05, 0) is 48.4 Å². The van der Waals surface area contributed by atoms with Crippen molar-refractivity contribution >= 4 is 11.8 Å². The van der Waals surface area contributed by atoms with Crippen molar-refractivity contribution in [1.82, 2.24) is 4.57 Å². The number of anilines is 1. The quantitative estimate of drug-likeness (QED) is 0.0698. The van der Waals surface area contributed by atoms with E-state index in [2.05, 4.69) is 90.8 Å². The van der Waals surface area contributed by atoms with Crippen LogP contribution in [0.4, 0.5) is 10.5 Å². The van der Waals surface area contributed by atoms with E-state index in [4.69, 9.17) is 0 Å². The summed E-state index contributed by atoms with van der Waals surface area (Å²) in [5.74, 6) is 1.27. The van der Waals surface area contributed by atoms with E-state index in [9.17, 15) is 9.90 Å². The summed E-state index contributed by atoms with van der Waals surface area (Å²) in [6, 6.07) is 17.2. The van der Waals surface area contributed by atoms with Crippen molar-refractivity contribution in [3.63, 3.8) is 0 Å². The van der Waals surface area contributed by atoms with Gasteiger partial charge in [-0.2, -0.15) is 0 Å². The number of rotatable bonds is 26. The van der Waals surface area contributed by atoms with Gasteiger partial charge >= 0.3 is 6.09 Å². The number of aromatic nitrogens is 2. The molecule has 1 N–H and O–H groups in total. The predicted molar refractivity (Wildman–Crippen MR) is 199 cm³/mol. The number of unbranched alkanes of at least 4 members (excludes halogenated alkanes) is 14. The largest absolute Gasteiger partial charge is 0.465 e. The van der Waals surface area contributed by atoms with Crippen LogP contribution in [0.5, 0.6) is 0 Å². The molecule has 0 bridgehead atoms. The maximum Gasteiger partial charge on any atom is 0.411 e. The zero-order chi connectivity index (χ0) is 33.5. The second kappa shape index (κ2) is 23.3. The molecule has 47 heavy (non-hydrogen) atoms. The number of imidazole rings is 1. The Morgan fingerprint density at radius 2 is 1.30 bits per heavy atom. The third-order valence-corrected chi connectivity index (χ3v) is 9.67. The lowest BCUT2D eigenvalue weighted by Gasteiger charge is -2.23. The number of hydrogen-bond acceptors (Lipinski definition) is 1. The fraction of sp³-hybridized carbons (Fsp3) is 0.619. The number of hydrogen-bond donors (Lipinski definition) is 1. The van der Waals surface area contributed by atoms with Gasteiger partial charge < -0.3 is 5.11 Å². The first-order chi connectivity index (χ1) is 23.1. The molecule has 3 aromatic rings. The average molecular weight is 645 g/mol. The number of aryl methyl sites for hydroxylation is 3. The van der Waals surface area contributed by atoms with Crippen molar-refractivity contribution in [3.05, 3.63) is 83.4 Å². The van der Waals surface area contributed by atoms with Crippen molar-refractivity contribution in [2.75, 3.05) is 11.4 Å². The second-order valence-corrected chi connectivity index (χ2v) is 13.6. The Morgan fingerprint density at radius 3 is 1.89 bits per heavy atom. The zero-order valence-electron chi connectivity index (χ0n) is 30.2. The molecule has 5 heteroatoms. The minimum Gasteiger partial charge on any atom is -0.465 e. The van der Waals surface area contributed by atoms with E-state index in [1.807, 2.05) is 0 Å². The molecule has 0 aliphatic heterocycles. The standard InChI is InChI=1S/C42H65N3O2/c1-4-7-9-11-13-15-17-20-25-37-29-30-40(39(35-37)28-23-18-16-14-12-10-8-5-2)45(42(46)47)32-24-31-43-33-34-44(41(43)6-3)36-38-26-21-19-22-27-38/h19,21-22,26-27,29-30,33-35H,4-18,20,23-25,28,31-32,36H2,1-3H3/p+1. The molecule has 3 rings (SSSR count). The van der Waals surface area contributed by atoms with E-state index in [0.717, 1.165) is 50.9 Å². The molecule has 0 atom stereocenters. The van der Waals surface area contributed by atoms with Crippen LogP contribution >= 0.6 is 0 Å². The van der Waals surface area contributed by atoms with Crippen LogP contribution in [0, 0.1) is 0 Å². The lowest BCUT2D eigenvalue weighted by Crippen LogP contribution is -2.37. The van der Waals surface area contributed by atoms with Gasteiger partial charge in [-0.3, -0.25) is 4.90 Å². The van der Waals surface area contributed by atoms with Gasteiger partial charge in [0.15, 0.2) is 0 Å². The van der Waals surface area contributed by atoms with E-state index >= 15 is 0 Å². The van der Waals surface area contributed by atoms with Crippen LogP contribution in [0.3, 0.4) is 0 Å². The van der Waals surface area contributed by atoms with E-state index < -0.39 is 6.09 Å². The molecule has 0 fully saturated rings. The van der Waals surface area contributed by atoms with Crippen LogP contribution in [-0.2, 0) is 32.4 Å². The fourth-order valence-electron chi connectivity index (χ4n) is 6.92. The molecule has 0 aliphatic rings. The summed E-state index contributed by atoms with van der Waals surface area (Å²) in [7, 11) is 0. The van der Waals surface area contributed by atoms with E-state index in [1.165, 1.54) is 119 Å². The monoisotopic (exact) mass is 645 g/mol. The van der Waals surface area contributed by atoms with Gasteiger partial charge in [0.25, 0.3) is 5.82 Å². The SMILES string of the molecule is CCCCCCCCCCc1ccc(N(CCCn2cc[n+](Cc3ccccc3)c2CC)C(=O)O)c(CCCCCCCCCC)c1. The molecule has 2 aromatic carbocycles. The number of nitrogens with zero attached hydrogens (tertiary/aromatic N) is 3. The highest BCUT2D eigenvalue weighted by Gasteiger charge is 2.20. The molecule has 0 unspecified atom stereocenters. The van der Waals surface area contributed by atoms with Crippen molar-refractivity contribution in [3.8, 4) is 0 Å². The van der Waals surface area contributed by atoms with E-state index in [-0.39, 0.29) is 0 Å². The molecule has 260 valence electrons. The Kier molecular flexibility index (Phi) is 19.0. The van der Waals surface area contributed by atoms with E-state index in [1.54, 1.807) is 4.90 Å². The molecule has 0 saturated carbocycles. The van der Waals surface area contributed by atoms with Crippen molar-refractivity contribution < 1.29 is 14.5 Å². The van der Waals surface area contributed by atoms with Crippen LogP contribution in [0.25, 0.3) is 0 Å². The first-order valence-corrected chi connectivity index (χ1v) is 19.3. The highest BCUT2D eigenvalue weighted by molar-refractivity contribution is 5.87. The van der Waals surface area contributed by atoms with Gasteiger partial charge in [0, 0.05) is 19.4 Å². The molecule has 0 aliphatic carbocycles. The van der Waals surface area contributed by atoms with Crippen LogP contribution in [0.15, 0.2) is 60.9 Å². The lowest BCUT2D eigenvalue weighted by atomic mass is 9.97. The smallest absolute Gasteiger partial charge is 0.411 e. The predicted octanol–water partition coefficient (Wildman–Crippen LogP) is 11.3. The van der Waals surface area contributed by atoms with Gasteiger partial charge in [0.05, 0.1) is 12.2 Å². The minimum atomic E-state index is -0.847. The van der Waals surface area contributed by atoms with Crippen LogP contribution in [0.1, 0.15) is 152 Å². The van der Waals surface area contributed by atoms with Gasteiger partial charge in [-0.15, -0.1) is 0 Å². The zero-order valence-corrected chi connectivity index (χ0v) is 30.2. The van der Waals surface area contributed by atoms with Gasteiger partial charge in [-0.1, -0.05) is 153 Å². The first-order valence-electron chi connectivity index (χ1n) is 19.3. The summed E-state index contributed by atoms with van der Waals surface area (Å²) in [4.78, 5) is 14.3. The maximum atomic E-state index is 12.7. The Balaban J connectivity index is 1.62. The van der Waals surface area contributed by atoms with E-state index in [0.29, 0.717) is 6.54 Å². The highest BCUT2D eigenvalue weighted by atomic mass is 16.4. The van der Waals surface area contributed by atoms with Crippen molar-refractivity contribution in [1.29, 1.82) is 0 Å². The van der Waals surface area contributed by atoms with Crippen LogP contribution < -0.4 is 9.47 Å². The molecule has 1 aromatic heterocycles. The number of carboxylic acid groups (broad SMARTS) is 1. The summed E-state index contributed by atoms with van der Waals surface area (Å²) < 4.78 is 4.62. The molecule has 0 radical (unpaired) electrons. The summed E-state index contributed by atoms with van der Waals surface area (Å²) >= 11 is 0. The van der Waals surface area contributed by atoms with Crippen molar-refractivity contribution in [2.24, 2.45) is 0 Å². The molecule has 1 amide bonds. The normalized spacial score (nSPS) is 11.3. The summed E-state index contributed by atoms with van der Waals surface area (Å²) in [5.41, 5.74) is 4.76. The Morgan fingerprint density at radius 1 is 0.702 bits per heavy atom. The topological polar surface area (TPSA) is 49.4 Å². The Labute approximate surface area is 287 Å². The summed E-state index contributed by atoms with van der Waals surface area (Å²) in [6.07, 6.45) is 28.1. The lowest BCUT2D eigenvalue weighted by molar-refractivity contribution is -0.695. The third kappa shape index (κ3) is 14.3. The third-order valence-electron chi connectivity index (χ3n) is 9.67. The molecule has 0 saturated heterocycles. The highest BCUT2D eigenvalue weighted by Crippen LogP contribution is 2.26. The Hall–Kier alpha value is -3.08. The van der Waals surface area contributed by atoms with Gasteiger partial charge in [0.1, 0.15) is 18.9 Å². The number of amides is 1. The summed E-state index contributed by atoms with van der Waals surface area (Å²) in [6.45, 7) is 8.90. The fourth-order valence-corrected chi connectivity index (χ4v) is 6.92.